The van der Waals surface area contributed by atoms with Crippen molar-refractivity contribution >= 4 is 34.7 Å². The van der Waals surface area contributed by atoms with Gasteiger partial charge in [0, 0.05) is 17.0 Å². The number of thiazole rings is 1. The Morgan fingerprint density at radius 2 is 2.21 bits per heavy atom. The molecule has 6 heteroatoms. The second-order valence-corrected chi connectivity index (χ2v) is 6.51. The average Bonchev–Trinajstić information content (AvgIpc) is 3.30. The minimum Gasteiger partial charge on any atom is -0.497 e. The monoisotopic (exact) mass is 357 g/mol. The zero-order valence-electron chi connectivity index (χ0n) is 13.0. The van der Waals surface area contributed by atoms with Crippen LogP contribution in [0.4, 0.5) is 0 Å². The van der Waals surface area contributed by atoms with Gasteiger partial charge in [-0.2, -0.15) is 11.3 Å². The molecule has 0 radical (unpaired) electrons. The SMILES string of the molecule is COc1cccc(-c2nc(COC(=O)/C=C/c3ccsc3)cs2)c1. The Bertz CT molecular complexity index is 838. The number of carbonyl (C=O) groups excluding carboxylic acids is 1. The van der Waals surface area contributed by atoms with Gasteiger partial charge in [-0.05, 0) is 40.6 Å². The van der Waals surface area contributed by atoms with Gasteiger partial charge in [0.25, 0.3) is 0 Å². The molecular weight excluding hydrogens is 342 g/mol. The van der Waals surface area contributed by atoms with Crippen molar-refractivity contribution in [3.05, 3.63) is 63.8 Å². The highest BCUT2D eigenvalue weighted by molar-refractivity contribution is 7.13. The first-order chi connectivity index (χ1) is 11.7. The maximum absolute atomic E-state index is 11.7. The first-order valence-electron chi connectivity index (χ1n) is 7.20. The van der Waals surface area contributed by atoms with E-state index in [1.807, 2.05) is 46.5 Å². The van der Waals surface area contributed by atoms with E-state index in [0.717, 1.165) is 27.6 Å². The molecule has 0 unspecified atom stereocenters. The minimum absolute atomic E-state index is 0.160. The molecule has 0 amide bonds. The summed E-state index contributed by atoms with van der Waals surface area (Å²) in [5, 5.41) is 6.68. The van der Waals surface area contributed by atoms with Gasteiger partial charge in [-0.15, -0.1) is 11.3 Å². The van der Waals surface area contributed by atoms with Gasteiger partial charge in [0.15, 0.2) is 0 Å². The lowest BCUT2D eigenvalue weighted by Crippen LogP contribution is -2.00. The van der Waals surface area contributed by atoms with Gasteiger partial charge in [0.05, 0.1) is 12.8 Å². The van der Waals surface area contributed by atoms with Crippen molar-refractivity contribution in [3.63, 3.8) is 0 Å². The number of esters is 1. The summed E-state index contributed by atoms with van der Waals surface area (Å²) in [6, 6.07) is 9.65. The van der Waals surface area contributed by atoms with Crippen LogP contribution in [0.2, 0.25) is 0 Å². The molecule has 1 aromatic carbocycles. The van der Waals surface area contributed by atoms with Crippen molar-refractivity contribution in [1.82, 2.24) is 4.98 Å². The molecule has 0 aliphatic carbocycles. The van der Waals surface area contributed by atoms with Crippen LogP contribution in [0.1, 0.15) is 11.3 Å². The van der Waals surface area contributed by atoms with Crippen LogP contribution < -0.4 is 4.74 Å². The Morgan fingerprint density at radius 3 is 3.00 bits per heavy atom. The lowest BCUT2D eigenvalue weighted by atomic mass is 10.2. The van der Waals surface area contributed by atoms with Crippen LogP contribution in [0.5, 0.6) is 5.75 Å². The third-order valence-corrected chi connectivity index (χ3v) is 4.83. The summed E-state index contributed by atoms with van der Waals surface area (Å²) < 4.78 is 10.4. The van der Waals surface area contributed by atoms with E-state index in [9.17, 15) is 4.79 Å². The number of carbonyl (C=O) groups is 1. The highest BCUT2D eigenvalue weighted by Gasteiger charge is 2.07. The number of thiophene rings is 1. The number of benzene rings is 1. The Labute approximate surface area is 148 Å². The molecule has 2 aromatic heterocycles. The first kappa shape index (κ1) is 16.4. The summed E-state index contributed by atoms with van der Waals surface area (Å²) in [5.41, 5.74) is 2.70. The number of rotatable bonds is 6. The number of nitrogens with zero attached hydrogens (tertiary/aromatic N) is 1. The van der Waals surface area contributed by atoms with Gasteiger partial charge in [-0.25, -0.2) is 9.78 Å². The van der Waals surface area contributed by atoms with Crippen LogP contribution in [-0.2, 0) is 16.1 Å². The van der Waals surface area contributed by atoms with Crippen LogP contribution in [-0.4, -0.2) is 18.1 Å². The molecule has 0 atom stereocenters. The van der Waals surface area contributed by atoms with E-state index in [2.05, 4.69) is 4.98 Å². The number of hydrogen-bond acceptors (Lipinski definition) is 6. The molecule has 122 valence electrons. The van der Waals surface area contributed by atoms with Gasteiger partial charge in [0.2, 0.25) is 0 Å². The van der Waals surface area contributed by atoms with Crippen molar-refractivity contribution in [1.29, 1.82) is 0 Å². The lowest BCUT2D eigenvalue weighted by Gasteiger charge is -2.01. The average molecular weight is 357 g/mol. The van der Waals surface area contributed by atoms with Gasteiger partial charge in [0.1, 0.15) is 17.4 Å². The van der Waals surface area contributed by atoms with Crippen LogP contribution in [0.25, 0.3) is 16.6 Å². The summed E-state index contributed by atoms with van der Waals surface area (Å²) in [5.74, 6) is 0.409. The lowest BCUT2D eigenvalue weighted by molar-refractivity contribution is -0.139. The molecule has 0 spiro atoms. The van der Waals surface area contributed by atoms with E-state index in [-0.39, 0.29) is 12.6 Å². The summed E-state index contributed by atoms with van der Waals surface area (Å²) >= 11 is 3.09. The Kier molecular flexibility index (Phi) is 5.40. The Hall–Kier alpha value is -2.44. The molecule has 0 aliphatic rings. The molecule has 0 saturated carbocycles. The molecular formula is C18H15NO3S2. The third kappa shape index (κ3) is 4.31. The Morgan fingerprint density at radius 1 is 1.29 bits per heavy atom. The fourth-order valence-electron chi connectivity index (χ4n) is 1.99. The van der Waals surface area contributed by atoms with E-state index in [0.29, 0.717) is 0 Å². The molecule has 0 N–H and O–H groups in total. The number of methoxy groups -OCH3 is 1. The molecule has 0 bridgehead atoms. The van der Waals surface area contributed by atoms with Gasteiger partial charge >= 0.3 is 5.97 Å². The van der Waals surface area contributed by atoms with E-state index in [1.165, 1.54) is 17.4 Å². The molecule has 0 fully saturated rings. The van der Waals surface area contributed by atoms with Crippen molar-refractivity contribution < 1.29 is 14.3 Å². The predicted molar refractivity (Wildman–Crippen MR) is 97.3 cm³/mol. The standard InChI is InChI=1S/C18H15NO3S2/c1-21-16-4-2-3-14(9-16)18-19-15(12-24-18)10-22-17(20)6-5-13-7-8-23-11-13/h2-9,11-12H,10H2,1H3/b6-5+. The van der Waals surface area contributed by atoms with Crippen molar-refractivity contribution in [2.45, 2.75) is 6.61 Å². The summed E-state index contributed by atoms with van der Waals surface area (Å²) in [6.45, 7) is 0.160. The maximum Gasteiger partial charge on any atom is 0.331 e. The van der Waals surface area contributed by atoms with Crippen LogP contribution in [0.15, 0.2) is 52.5 Å². The zero-order valence-corrected chi connectivity index (χ0v) is 14.6. The maximum atomic E-state index is 11.7. The van der Waals surface area contributed by atoms with E-state index >= 15 is 0 Å². The second kappa shape index (κ2) is 7.90. The smallest absolute Gasteiger partial charge is 0.331 e. The highest BCUT2D eigenvalue weighted by Crippen LogP contribution is 2.27. The molecule has 4 nitrogen and oxygen atoms in total. The molecule has 3 rings (SSSR count). The fraction of sp³-hybridized carbons (Fsp3) is 0.111. The van der Waals surface area contributed by atoms with Gasteiger partial charge in [-0.3, -0.25) is 0 Å². The fourth-order valence-corrected chi connectivity index (χ4v) is 3.42. The van der Waals surface area contributed by atoms with Crippen molar-refractivity contribution in [2.24, 2.45) is 0 Å². The number of ether oxygens (including phenoxy) is 2. The van der Waals surface area contributed by atoms with Crippen LogP contribution in [0.3, 0.4) is 0 Å². The van der Waals surface area contributed by atoms with Crippen LogP contribution in [0, 0.1) is 0 Å². The van der Waals surface area contributed by atoms with Gasteiger partial charge < -0.3 is 9.47 Å². The van der Waals surface area contributed by atoms with E-state index < -0.39 is 0 Å². The van der Waals surface area contributed by atoms with E-state index in [1.54, 1.807) is 24.5 Å². The predicted octanol–water partition coefficient (Wildman–Crippen LogP) is 4.64. The van der Waals surface area contributed by atoms with Crippen LogP contribution >= 0.6 is 22.7 Å². The normalized spacial score (nSPS) is 10.9. The largest absolute Gasteiger partial charge is 0.497 e. The Balaban J connectivity index is 1.58. The van der Waals surface area contributed by atoms with E-state index in [4.69, 9.17) is 9.47 Å². The second-order valence-electron chi connectivity index (χ2n) is 4.87. The van der Waals surface area contributed by atoms with Crippen molar-refractivity contribution in [3.8, 4) is 16.3 Å². The number of hydrogen-bond donors (Lipinski definition) is 0. The third-order valence-electron chi connectivity index (χ3n) is 3.19. The minimum atomic E-state index is -0.378. The first-order valence-corrected chi connectivity index (χ1v) is 9.03. The summed E-state index contributed by atoms with van der Waals surface area (Å²) in [4.78, 5) is 16.2. The molecule has 0 aliphatic heterocycles. The van der Waals surface area contributed by atoms with Crippen molar-refractivity contribution in [2.75, 3.05) is 7.11 Å². The molecule has 24 heavy (non-hydrogen) atoms. The molecule has 0 saturated heterocycles. The topological polar surface area (TPSA) is 48.4 Å². The van der Waals surface area contributed by atoms with Gasteiger partial charge in [-0.1, -0.05) is 12.1 Å². The number of aromatic nitrogens is 1. The highest BCUT2D eigenvalue weighted by atomic mass is 32.1. The summed E-state index contributed by atoms with van der Waals surface area (Å²) in [6.07, 6.45) is 3.17. The zero-order chi connectivity index (χ0) is 16.8. The molecule has 3 aromatic rings. The quantitative estimate of drug-likeness (QED) is 0.476. The molecule has 2 heterocycles. The summed E-state index contributed by atoms with van der Waals surface area (Å²) in [7, 11) is 1.63.